The lowest BCUT2D eigenvalue weighted by Gasteiger charge is -1.36. The van der Waals surface area contributed by atoms with Gasteiger partial charge in [0.05, 0.1) is 0 Å². The highest BCUT2D eigenvalue weighted by molar-refractivity contribution is 7.70. The standard InChI is InChI=1S/C2HFO2S/c3-1-2-6(4)5/h1H. The van der Waals surface area contributed by atoms with Crippen LogP contribution in [0.5, 0.6) is 0 Å². The highest BCUT2D eigenvalue weighted by Crippen LogP contribution is 1.49. The quantitative estimate of drug-likeness (QED) is 0.401. The summed E-state index contributed by atoms with van der Waals surface area (Å²) in [6.45, 7) is 0. The van der Waals surface area contributed by atoms with Crippen molar-refractivity contribution in [2.45, 2.75) is 0 Å². The number of hydrogen-bond acceptors (Lipinski definition) is 2. The maximum absolute atomic E-state index is 10.6. The topological polar surface area (TPSA) is 34.1 Å². The number of hydrogen-bond donors (Lipinski definition) is 0. The maximum Gasteiger partial charge on any atom is 0.262 e. The minimum Gasteiger partial charge on any atom is -0.205 e. The third-order valence-electron chi connectivity index (χ3n) is 0.141. The predicted octanol–water partition coefficient (Wildman–Crippen LogP) is -0.250. The third kappa shape index (κ3) is 3.40. The molecule has 0 heterocycles. The normalized spacial score (nSPS) is 6.17. The lowest BCUT2D eigenvalue weighted by molar-refractivity contribution is 0.627. The molecule has 34 valence electrons. The van der Waals surface area contributed by atoms with Gasteiger partial charge in [-0.15, -0.1) is 0 Å². The van der Waals surface area contributed by atoms with Crippen LogP contribution in [0.2, 0.25) is 0 Å². The Hall–Kier alpha value is -0.600. The van der Waals surface area contributed by atoms with Gasteiger partial charge in [-0.25, -0.2) is 4.39 Å². The Labute approximate surface area is 35.4 Å². The van der Waals surface area contributed by atoms with Crippen molar-refractivity contribution < 1.29 is 12.8 Å². The Morgan fingerprint density at radius 1 is 1.67 bits per heavy atom. The fourth-order valence-electron chi connectivity index (χ4n) is 0.0364. The van der Waals surface area contributed by atoms with E-state index in [0.29, 0.717) is 0 Å². The van der Waals surface area contributed by atoms with Crippen LogP contribution < -0.4 is 0 Å². The summed E-state index contributed by atoms with van der Waals surface area (Å²) in [7, 11) is -2.50. The van der Waals surface area contributed by atoms with Gasteiger partial charge in [-0.05, 0) is 0 Å². The molecule has 4 heteroatoms. The van der Waals surface area contributed by atoms with E-state index in [2.05, 4.69) is 0 Å². The van der Waals surface area contributed by atoms with Gasteiger partial charge in [-0.1, -0.05) is 0 Å². The van der Waals surface area contributed by atoms with E-state index in [0.717, 1.165) is 0 Å². The molecule has 0 aromatic heterocycles. The Morgan fingerprint density at radius 2 is 2.17 bits per heavy atom. The molecule has 0 saturated heterocycles. The van der Waals surface area contributed by atoms with Crippen LogP contribution in [0, 0.1) is 0 Å². The molecule has 0 bridgehead atoms. The molecule has 0 unspecified atom stereocenters. The van der Waals surface area contributed by atoms with Crippen molar-refractivity contribution in [3.05, 3.63) is 6.33 Å². The first-order chi connectivity index (χ1) is 2.77. The summed E-state index contributed by atoms with van der Waals surface area (Å²) in [4.78, 5) is 0. The average Bonchev–Trinajstić information content (AvgIpc) is 1.35. The first-order valence-electron chi connectivity index (χ1n) is 1.04. The van der Waals surface area contributed by atoms with Crippen molar-refractivity contribution in [3.63, 3.8) is 0 Å². The van der Waals surface area contributed by atoms with Crippen LogP contribution in [0.4, 0.5) is 4.39 Å². The zero-order valence-electron chi connectivity index (χ0n) is 2.68. The van der Waals surface area contributed by atoms with E-state index in [1.165, 1.54) is 5.02 Å². The van der Waals surface area contributed by atoms with E-state index in [9.17, 15) is 12.8 Å². The zero-order valence-corrected chi connectivity index (χ0v) is 3.50. The smallest absolute Gasteiger partial charge is 0.205 e. The summed E-state index contributed by atoms with van der Waals surface area (Å²) >= 11 is 0. The van der Waals surface area contributed by atoms with Crippen molar-refractivity contribution >= 4 is 15.3 Å². The Morgan fingerprint density at radius 3 is 2.17 bits per heavy atom. The molecule has 0 aliphatic heterocycles. The molecule has 6 heavy (non-hydrogen) atoms. The third-order valence-corrected chi connectivity index (χ3v) is 0.422. The molecule has 0 atom stereocenters. The molecular formula is C2HFO2S. The minimum absolute atomic E-state index is 0.164. The fraction of sp³-hybridized carbons (Fsp3) is 0. The van der Waals surface area contributed by atoms with Crippen LogP contribution in [0.25, 0.3) is 0 Å². The summed E-state index contributed by atoms with van der Waals surface area (Å²) in [5, 5.41) is 1.33. The van der Waals surface area contributed by atoms with E-state index < -0.39 is 10.3 Å². The Kier molecular flexibility index (Phi) is 2.36. The second kappa shape index (κ2) is 2.63. The van der Waals surface area contributed by atoms with Gasteiger partial charge in [0.25, 0.3) is 10.3 Å². The molecule has 0 amide bonds. The maximum atomic E-state index is 10.6. The molecule has 0 aromatic rings. The van der Waals surface area contributed by atoms with Crippen LogP contribution in [0.3, 0.4) is 0 Å². The van der Waals surface area contributed by atoms with E-state index in [1.54, 1.807) is 0 Å². The summed E-state index contributed by atoms with van der Waals surface area (Å²) in [5.74, 6) is 0. The first kappa shape index (κ1) is 5.40. The molecule has 0 rings (SSSR count). The molecular weight excluding hydrogens is 107 g/mol. The molecule has 0 saturated carbocycles. The van der Waals surface area contributed by atoms with Gasteiger partial charge >= 0.3 is 0 Å². The molecule has 0 N–H and O–H groups in total. The van der Waals surface area contributed by atoms with E-state index in [1.807, 2.05) is 0 Å². The van der Waals surface area contributed by atoms with Crippen LogP contribution in [0.15, 0.2) is 6.33 Å². The highest BCUT2D eigenvalue weighted by Gasteiger charge is 1.50. The van der Waals surface area contributed by atoms with Crippen molar-refractivity contribution in [2.75, 3.05) is 0 Å². The number of halogens is 1. The van der Waals surface area contributed by atoms with Gasteiger partial charge in [0.2, 0.25) is 0 Å². The van der Waals surface area contributed by atoms with Gasteiger partial charge < -0.3 is 0 Å². The molecule has 0 spiro atoms. The highest BCUT2D eigenvalue weighted by atomic mass is 32.2. The summed E-state index contributed by atoms with van der Waals surface area (Å²) in [5.41, 5.74) is 0. The molecule has 0 aliphatic carbocycles. The summed E-state index contributed by atoms with van der Waals surface area (Å²) < 4.78 is 29.0. The Balaban J connectivity index is 4.66. The van der Waals surface area contributed by atoms with Gasteiger partial charge in [-0.3, -0.25) is 0 Å². The van der Waals surface area contributed by atoms with Crippen molar-refractivity contribution in [1.82, 2.24) is 0 Å². The monoisotopic (exact) mass is 108 g/mol. The SMILES string of the molecule is O=S(=O)=C=CF. The lowest BCUT2D eigenvalue weighted by Crippen LogP contribution is -1.50. The first-order valence-corrected chi connectivity index (χ1v) is 2.12. The van der Waals surface area contributed by atoms with Crippen LogP contribution in [0.1, 0.15) is 0 Å². The minimum atomic E-state index is -2.50. The van der Waals surface area contributed by atoms with Gasteiger partial charge in [-0.2, -0.15) is 8.42 Å². The van der Waals surface area contributed by atoms with Gasteiger partial charge in [0.1, 0.15) is 6.33 Å². The van der Waals surface area contributed by atoms with Crippen molar-refractivity contribution in [3.8, 4) is 0 Å². The molecule has 2 nitrogen and oxygen atoms in total. The largest absolute Gasteiger partial charge is 0.262 e. The van der Waals surface area contributed by atoms with Crippen molar-refractivity contribution in [2.24, 2.45) is 0 Å². The predicted molar refractivity (Wildman–Crippen MR) is 19.6 cm³/mol. The van der Waals surface area contributed by atoms with E-state index in [-0.39, 0.29) is 6.33 Å². The average molecular weight is 108 g/mol. The summed E-state index contributed by atoms with van der Waals surface area (Å²) in [6, 6.07) is 0. The fourth-order valence-corrected chi connectivity index (χ4v) is 0.109. The van der Waals surface area contributed by atoms with Gasteiger partial charge in [0.15, 0.2) is 0 Å². The lowest BCUT2D eigenvalue weighted by atomic mass is 11.2. The zero-order chi connectivity index (χ0) is 4.99. The van der Waals surface area contributed by atoms with Gasteiger partial charge in [0, 0.05) is 5.02 Å². The van der Waals surface area contributed by atoms with Crippen molar-refractivity contribution in [1.29, 1.82) is 0 Å². The molecule has 0 fully saturated rings. The molecule has 0 aliphatic rings. The molecule has 0 aromatic carbocycles. The van der Waals surface area contributed by atoms with Crippen LogP contribution >= 0.6 is 0 Å². The molecule has 0 radical (unpaired) electrons. The second-order valence-corrected chi connectivity index (χ2v) is 1.17. The summed E-state index contributed by atoms with van der Waals surface area (Å²) in [6.07, 6.45) is -0.164. The number of rotatable bonds is 0. The van der Waals surface area contributed by atoms with E-state index in [4.69, 9.17) is 0 Å². The van der Waals surface area contributed by atoms with Crippen LogP contribution in [-0.2, 0) is 10.3 Å². The van der Waals surface area contributed by atoms with E-state index >= 15 is 0 Å². The van der Waals surface area contributed by atoms with Crippen LogP contribution in [-0.4, -0.2) is 13.4 Å². The second-order valence-electron chi connectivity index (χ2n) is 0.462. The Bertz CT molecular complexity index is 164.